The topological polar surface area (TPSA) is 81.2 Å². The van der Waals surface area contributed by atoms with Crippen LogP contribution in [0.2, 0.25) is 0 Å². The van der Waals surface area contributed by atoms with Gasteiger partial charge in [-0.3, -0.25) is 9.78 Å². The quantitative estimate of drug-likeness (QED) is 0.851. The second-order valence-corrected chi connectivity index (χ2v) is 3.91. The molecule has 2 aromatic rings. The number of pyridine rings is 1. The van der Waals surface area contributed by atoms with Crippen LogP contribution in [0.3, 0.4) is 0 Å². The van der Waals surface area contributed by atoms with Gasteiger partial charge in [0, 0.05) is 36.6 Å². The van der Waals surface area contributed by atoms with Crippen LogP contribution < -0.4 is 11.1 Å². The molecule has 1 amide bonds. The number of furan rings is 1. The molecule has 0 atom stereocenters. The van der Waals surface area contributed by atoms with Crippen molar-refractivity contribution in [2.24, 2.45) is 5.73 Å². The summed E-state index contributed by atoms with van der Waals surface area (Å²) in [5.74, 6) is 0.717. The number of nitrogens with two attached hydrogens (primary N) is 1. The summed E-state index contributed by atoms with van der Waals surface area (Å²) >= 11 is 0. The monoisotopic (exact) mass is 245 g/mol. The first-order valence-electron chi connectivity index (χ1n) is 5.71. The van der Waals surface area contributed by atoms with E-state index in [1.807, 2.05) is 25.1 Å². The number of aryl methyl sites for hydroxylation is 1. The summed E-state index contributed by atoms with van der Waals surface area (Å²) in [5, 5.41) is 2.68. The Morgan fingerprint density at radius 1 is 1.56 bits per heavy atom. The van der Waals surface area contributed by atoms with Crippen LogP contribution in [0, 0.1) is 6.92 Å². The zero-order chi connectivity index (χ0) is 13.0. The summed E-state index contributed by atoms with van der Waals surface area (Å²) in [6, 6.07) is 5.53. The Hall–Kier alpha value is -2.14. The third-order valence-electron chi connectivity index (χ3n) is 2.50. The van der Waals surface area contributed by atoms with Crippen LogP contribution in [-0.2, 0) is 0 Å². The summed E-state index contributed by atoms with van der Waals surface area (Å²) < 4.78 is 5.57. The van der Waals surface area contributed by atoms with E-state index in [4.69, 9.17) is 10.2 Å². The summed E-state index contributed by atoms with van der Waals surface area (Å²) in [6.07, 6.45) is 3.38. The smallest absolute Gasteiger partial charge is 0.287 e. The number of amides is 1. The van der Waals surface area contributed by atoms with Gasteiger partial charge in [-0.25, -0.2) is 0 Å². The van der Waals surface area contributed by atoms with E-state index < -0.39 is 0 Å². The largest absolute Gasteiger partial charge is 0.451 e. The number of aromatic nitrogens is 1. The summed E-state index contributed by atoms with van der Waals surface area (Å²) in [5.41, 5.74) is 6.98. The molecule has 0 saturated carbocycles. The second-order valence-electron chi connectivity index (χ2n) is 3.91. The summed E-state index contributed by atoms with van der Waals surface area (Å²) in [4.78, 5) is 15.8. The maximum atomic E-state index is 11.8. The zero-order valence-corrected chi connectivity index (χ0v) is 10.1. The van der Waals surface area contributed by atoms with Gasteiger partial charge in [-0.2, -0.15) is 0 Å². The van der Waals surface area contributed by atoms with Gasteiger partial charge in [-0.05, 0) is 25.1 Å². The molecule has 94 valence electrons. The highest BCUT2D eigenvalue weighted by Gasteiger charge is 2.15. The third kappa shape index (κ3) is 2.57. The van der Waals surface area contributed by atoms with E-state index in [9.17, 15) is 4.79 Å². The number of nitrogens with one attached hydrogen (secondary N) is 1. The number of nitrogens with zero attached hydrogens (tertiary/aromatic N) is 1. The van der Waals surface area contributed by atoms with E-state index in [2.05, 4.69) is 10.3 Å². The van der Waals surface area contributed by atoms with Gasteiger partial charge < -0.3 is 15.5 Å². The molecule has 0 spiro atoms. The van der Waals surface area contributed by atoms with Crippen LogP contribution in [0.15, 0.2) is 35.0 Å². The van der Waals surface area contributed by atoms with Crippen molar-refractivity contribution >= 4 is 5.91 Å². The lowest BCUT2D eigenvalue weighted by Crippen LogP contribution is -2.29. The van der Waals surface area contributed by atoms with Crippen LogP contribution in [0.1, 0.15) is 16.1 Å². The fourth-order valence-corrected chi connectivity index (χ4v) is 1.62. The van der Waals surface area contributed by atoms with Gasteiger partial charge in [0.2, 0.25) is 0 Å². The van der Waals surface area contributed by atoms with Crippen LogP contribution in [0.25, 0.3) is 11.3 Å². The van der Waals surface area contributed by atoms with Gasteiger partial charge >= 0.3 is 0 Å². The zero-order valence-electron chi connectivity index (χ0n) is 10.1. The normalized spacial score (nSPS) is 10.3. The molecule has 0 aliphatic rings. The molecule has 0 bridgehead atoms. The van der Waals surface area contributed by atoms with Crippen molar-refractivity contribution < 1.29 is 9.21 Å². The number of carbonyl (C=O) groups is 1. The van der Waals surface area contributed by atoms with Crippen LogP contribution in [-0.4, -0.2) is 24.0 Å². The van der Waals surface area contributed by atoms with Crippen molar-refractivity contribution in [2.75, 3.05) is 13.1 Å². The first-order chi connectivity index (χ1) is 8.72. The minimum absolute atomic E-state index is 0.243. The predicted octanol–water partition coefficient (Wildman–Crippen LogP) is 1.34. The number of hydrogen-bond donors (Lipinski definition) is 2. The molecule has 18 heavy (non-hydrogen) atoms. The van der Waals surface area contributed by atoms with E-state index in [0.29, 0.717) is 24.6 Å². The Labute approximate surface area is 105 Å². The van der Waals surface area contributed by atoms with Gasteiger partial charge in [0.1, 0.15) is 5.76 Å². The molecule has 3 N–H and O–H groups in total. The van der Waals surface area contributed by atoms with Gasteiger partial charge in [0.15, 0.2) is 5.76 Å². The molecular formula is C13H15N3O2. The SMILES string of the molecule is Cc1cc(-c2cccnc2)oc1C(=O)NCCN. The van der Waals surface area contributed by atoms with Crippen molar-refractivity contribution in [1.82, 2.24) is 10.3 Å². The van der Waals surface area contributed by atoms with Crippen LogP contribution in [0.5, 0.6) is 0 Å². The second kappa shape index (κ2) is 5.46. The Kier molecular flexibility index (Phi) is 3.74. The Bertz CT molecular complexity index is 534. The van der Waals surface area contributed by atoms with E-state index in [0.717, 1.165) is 11.1 Å². The molecule has 0 aromatic carbocycles. The van der Waals surface area contributed by atoms with Crippen molar-refractivity contribution in [3.05, 3.63) is 41.9 Å². The fraction of sp³-hybridized carbons (Fsp3) is 0.231. The summed E-state index contributed by atoms with van der Waals surface area (Å²) in [6.45, 7) is 2.67. The van der Waals surface area contributed by atoms with Crippen LogP contribution in [0.4, 0.5) is 0 Å². The maximum Gasteiger partial charge on any atom is 0.287 e. The number of hydrogen-bond acceptors (Lipinski definition) is 4. The van der Waals surface area contributed by atoms with Gasteiger partial charge in [-0.15, -0.1) is 0 Å². The molecule has 0 saturated heterocycles. The molecule has 5 nitrogen and oxygen atoms in total. The molecule has 2 heterocycles. The summed E-state index contributed by atoms with van der Waals surface area (Å²) in [7, 11) is 0. The molecule has 5 heteroatoms. The molecule has 0 aliphatic carbocycles. The Balaban J connectivity index is 2.25. The molecule has 0 aliphatic heterocycles. The highest BCUT2D eigenvalue weighted by Crippen LogP contribution is 2.24. The number of rotatable bonds is 4. The van der Waals surface area contributed by atoms with E-state index >= 15 is 0 Å². The lowest BCUT2D eigenvalue weighted by atomic mass is 10.2. The molecule has 2 rings (SSSR count). The molecule has 0 fully saturated rings. The van der Waals surface area contributed by atoms with E-state index in [-0.39, 0.29) is 5.91 Å². The lowest BCUT2D eigenvalue weighted by Gasteiger charge is -2.01. The highest BCUT2D eigenvalue weighted by molar-refractivity contribution is 5.93. The molecule has 0 radical (unpaired) electrons. The average molecular weight is 245 g/mol. The first kappa shape index (κ1) is 12.3. The predicted molar refractivity (Wildman–Crippen MR) is 68.1 cm³/mol. The van der Waals surface area contributed by atoms with E-state index in [1.165, 1.54) is 0 Å². The molecular weight excluding hydrogens is 230 g/mol. The van der Waals surface area contributed by atoms with Crippen molar-refractivity contribution in [2.45, 2.75) is 6.92 Å². The van der Waals surface area contributed by atoms with Gasteiger partial charge in [0.25, 0.3) is 5.91 Å². The first-order valence-corrected chi connectivity index (χ1v) is 5.71. The average Bonchev–Trinajstić information content (AvgIpc) is 2.79. The Morgan fingerprint density at radius 2 is 2.39 bits per heavy atom. The molecule has 2 aromatic heterocycles. The third-order valence-corrected chi connectivity index (χ3v) is 2.50. The van der Waals surface area contributed by atoms with Gasteiger partial charge in [0.05, 0.1) is 0 Å². The molecule has 0 unspecified atom stereocenters. The van der Waals surface area contributed by atoms with Crippen molar-refractivity contribution in [3.8, 4) is 11.3 Å². The number of carbonyl (C=O) groups excluding carboxylic acids is 1. The highest BCUT2D eigenvalue weighted by atomic mass is 16.4. The van der Waals surface area contributed by atoms with E-state index in [1.54, 1.807) is 12.4 Å². The van der Waals surface area contributed by atoms with Crippen molar-refractivity contribution in [1.29, 1.82) is 0 Å². The minimum atomic E-state index is -0.243. The van der Waals surface area contributed by atoms with Crippen molar-refractivity contribution in [3.63, 3.8) is 0 Å². The van der Waals surface area contributed by atoms with Gasteiger partial charge in [-0.1, -0.05) is 0 Å². The standard InChI is InChI=1S/C13H15N3O2/c1-9-7-11(10-3-2-5-15-8-10)18-12(9)13(17)16-6-4-14/h2-3,5,7-8H,4,6,14H2,1H3,(H,16,17). The lowest BCUT2D eigenvalue weighted by molar-refractivity contribution is 0.0927. The minimum Gasteiger partial charge on any atom is -0.451 e. The van der Waals surface area contributed by atoms with Crippen LogP contribution >= 0.6 is 0 Å². The maximum absolute atomic E-state index is 11.8. The fourth-order valence-electron chi connectivity index (χ4n) is 1.62. The Morgan fingerprint density at radius 3 is 3.06 bits per heavy atom.